The number of methoxy groups -OCH3 is 1. The molecule has 14 heavy (non-hydrogen) atoms. The van der Waals surface area contributed by atoms with Gasteiger partial charge in [0, 0.05) is 26.7 Å². The number of ether oxygens (including phenoxy) is 2. The van der Waals surface area contributed by atoms with E-state index in [0.29, 0.717) is 6.61 Å². The van der Waals surface area contributed by atoms with Crippen molar-refractivity contribution in [2.45, 2.75) is 12.5 Å². The zero-order valence-corrected chi connectivity index (χ0v) is 8.65. The minimum atomic E-state index is -0.915. The Morgan fingerprint density at radius 1 is 1.57 bits per heavy atom. The van der Waals surface area contributed by atoms with Crippen LogP contribution in [0.25, 0.3) is 0 Å². The smallest absolute Gasteiger partial charge is 0.329 e. The molecular weight excluding hydrogens is 186 g/mol. The molecule has 0 aliphatic carbocycles. The van der Waals surface area contributed by atoms with E-state index >= 15 is 0 Å². The molecule has 0 spiro atoms. The highest BCUT2D eigenvalue weighted by atomic mass is 16.5. The SMILES string of the molecule is COCCN1CC(C)(OCC(=O)O)C1. The van der Waals surface area contributed by atoms with E-state index in [4.69, 9.17) is 14.6 Å². The van der Waals surface area contributed by atoms with Crippen molar-refractivity contribution in [3.05, 3.63) is 0 Å². The number of hydrogen-bond acceptors (Lipinski definition) is 4. The molecule has 1 aliphatic heterocycles. The molecule has 0 amide bonds. The fraction of sp³-hybridized carbons (Fsp3) is 0.889. The lowest BCUT2D eigenvalue weighted by Gasteiger charge is -2.47. The van der Waals surface area contributed by atoms with Crippen molar-refractivity contribution >= 4 is 5.97 Å². The van der Waals surface area contributed by atoms with Crippen LogP contribution in [-0.2, 0) is 14.3 Å². The van der Waals surface area contributed by atoms with Gasteiger partial charge in [-0.2, -0.15) is 0 Å². The van der Waals surface area contributed by atoms with E-state index in [1.54, 1.807) is 7.11 Å². The third kappa shape index (κ3) is 3.25. The van der Waals surface area contributed by atoms with Crippen molar-refractivity contribution in [3.63, 3.8) is 0 Å². The van der Waals surface area contributed by atoms with Crippen LogP contribution >= 0.6 is 0 Å². The van der Waals surface area contributed by atoms with E-state index in [2.05, 4.69) is 4.90 Å². The third-order valence-electron chi connectivity index (χ3n) is 2.27. The average Bonchev–Trinajstić information content (AvgIpc) is 2.07. The van der Waals surface area contributed by atoms with Crippen LogP contribution in [0.1, 0.15) is 6.92 Å². The Morgan fingerprint density at radius 2 is 2.21 bits per heavy atom. The van der Waals surface area contributed by atoms with Crippen LogP contribution < -0.4 is 0 Å². The maximum absolute atomic E-state index is 10.3. The Kier molecular flexibility index (Phi) is 3.86. The lowest BCUT2D eigenvalue weighted by Crippen LogP contribution is -2.62. The highest BCUT2D eigenvalue weighted by Gasteiger charge is 2.39. The Labute approximate surface area is 83.6 Å². The molecule has 1 rings (SSSR count). The number of carboxylic acids is 1. The number of aliphatic carboxylic acids is 1. The Bertz CT molecular complexity index is 201. The average molecular weight is 203 g/mol. The van der Waals surface area contributed by atoms with Crippen LogP contribution in [0.2, 0.25) is 0 Å². The quantitative estimate of drug-likeness (QED) is 0.648. The first-order valence-electron chi connectivity index (χ1n) is 4.63. The number of rotatable bonds is 6. The molecule has 0 radical (unpaired) electrons. The van der Waals surface area contributed by atoms with Gasteiger partial charge in [0.15, 0.2) is 0 Å². The van der Waals surface area contributed by atoms with E-state index in [-0.39, 0.29) is 12.2 Å². The number of likely N-dealkylation sites (tertiary alicyclic amines) is 1. The van der Waals surface area contributed by atoms with Gasteiger partial charge in [0.1, 0.15) is 6.61 Å². The molecule has 0 atom stereocenters. The summed E-state index contributed by atoms with van der Waals surface area (Å²) in [5.41, 5.74) is -0.286. The van der Waals surface area contributed by atoms with Gasteiger partial charge in [-0.15, -0.1) is 0 Å². The standard InChI is InChI=1S/C9H17NO4/c1-9(14-5-8(11)12)6-10(7-9)3-4-13-2/h3-7H2,1-2H3,(H,11,12). The summed E-state index contributed by atoms with van der Waals surface area (Å²) in [6.45, 7) is 4.86. The number of carboxylic acid groups (broad SMARTS) is 1. The molecule has 1 saturated heterocycles. The molecule has 0 aromatic carbocycles. The van der Waals surface area contributed by atoms with Crippen molar-refractivity contribution in [1.82, 2.24) is 4.90 Å². The summed E-state index contributed by atoms with van der Waals surface area (Å²) in [6, 6.07) is 0. The zero-order chi connectivity index (χ0) is 10.6. The Hall–Kier alpha value is -0.650. The third-order valence-corrected chi connectivity index (χ3v) is 2.27. The van der Waals surface area contributed by atoms with E-state index < -0.39 is 5.97 Å². The van der Waals surface area contributed by atoms with Gasteiger partial charge in [0.05, 0.1) is 12.2 Å². The molecule has 0 saturated carbocycles. The molecule has 0 bridgehead atoms. The second-order valence-corrected chi connectivity index (χ2v) is 3.84. The molecule has 0 aromatic rings. The summed E-state index contributed by atoms with van der Waals surface area (Å²) in [6.07, 6.45) is 0. The summed E-state index contributed by atoms with van der Waals surface area (Å²) in [5, 5.41) is 8.45. The monoisotopic (exact) mass is 203 g/mol. The highest BCUT2D eigenvalue weighted by molar-refractivity contribution is 5.68. The zero-order valence-electron chi connectivity index (χ0n) is 8.65. The van der Waals surface area contributed by atoms with Crippen LogP contribution in [0.15, 0.2) is 0 Å². The highest BCUT2D eigenvalue weighted by Crippen LogP contribution is 2.23. The maximum atomic E-state index is 10.3. The molecule has 1 aliphatic rings. The molecule has 5 heteroatoms. The van der Waals surface area contributed by atoms with Crippen molar-refractivity contribution in [2.75, 3.05) is 40.0 Å². The summed E-state index contributed by atoms with van der Waals surface area (Å²) in [5.74, 6) is -0.915. The van der Waals surface area contributed by atoms with Gasteiger partial charge >= 0.3 is 5.97 Å². The van der Waals surface area contributed by atoms with Gasteiger partial charge in [-0.3, -0.25) is 4.90 Å². The number of hydrogen-bond donors (Lipinski definition) is 1. The first kappa shape index (κ1) is 11.4. The van der Waals surface area contributed by atoms with Crippen LogP contribution in [0, 0.1) is 0 Å². The van der Waals surface area contributed by atoms with Gasteiger partial charge in [0.2, 0.25) is 0 Å². The molecule has 1 heterocycles. The number of nitrogens with zero attached hydrogens (tertiary/aromatic N) is 1. The van der Waals surface area contributed by atoms with Gasteiger partial charge in [-0.05, 0) is 6.92 Å². The van der Waals surface area contributed by atoms with E-state index in [1.807, 2.05) is 6.92 Å². The molecule has 0 aromatic heterocycles. The van der Waals surface area contributed by atoms with Gasteiger partial charge in [-0.1, -0.05) is 0 Å². The van der Waals surface area contributed by atoms with Crippen LogP contribution in [0.3, 0.4) is 0 Å². The predicted octanol–water partition coefficient (Wildman–Crippen LogP) is -0.192. The maximum Gasteiger partial charge on any atom is 0.329 e. The van der Waals surface area contributed by atoms with Crippen molar-refractivity contribution in [3.8, 4) is 0 Å². The van der Waals surface area contributed by atoms with Crippen molar-refractivity contribution < 1.29 is 19.4 Å². The largest absolute Gasteiger partial charge is 0.480 e. The predicted molar refractivity (Wildman–Crippen MR) is 50.3 cm³/mol. The van der Waals surface area contributed by atoms with Crippen LogP contribution in [0.4, 0.5) is 0 Å². The lowest BCUT2D eigenvalue weighted by atomic mass is 9.96. The van der Waals surface area contributed by atoms with Crippen LogP contribution in [-0.4, -0.2) is 61.5 Å². The first-order valence-corrected chi connectivity index (χ1v) is 4.63. The van der Waals surface area contributed by atoms with Gasteiger partial charge < -0.3 is 14.6 Å². The lowest BCUT2D eigenvalue weighted by molar-refractivity contribution is -0.165. The molecule has 0 unspecified atom stereocenters. The summed E-state index contributed by atoms with van der Waals surface area (Å²) < 4.78 is 10.2. The molecule has 1 N–H and O–H groups in total. The van der Waals surface area contributed by atoms with Gasteiger partial charge in [-0.25, -0.2) is 4.79 Å². The van der Waals surface area contributed by atoms with E-state index in [1.165, 1.54) is 0 Å². The molecular formula is C9H17NO4. The minimum absolute atomic E-state index is 0.214. The Morgan fingerprint density at radius 3 is 2.71 bits per heavy atom. The fourth-order valence-corrected chi connectivity index (χ4v) is 1.61. The molecule has 1 fully saturated rings. The molecule has 82 valence electrons. The first-order chi connectivity index (χ1) is 6.56. The summed E-state index contributed by atoms with van der Waals surface area (Å²) in [4.78, 5) is 12.5. The van der Waals surface area contributed by atoms with E-state index in [0.717, 1.165) is 19.6 Å². The van der Waals surface area contributed by atoms with E-state index in [9.17, 15) is 4.79 Å². The topological polar surface area (TPSA) is 59.0 Å². The van der Waals surface area contributed by atoms with Gasteiger partial charge in [0.25, 0.3) is 0 Å². The normalized spacial score (nSPS) is 20.4. The Balaban J connectivity index is 2.13. The molecule has 5 nitrogen and oxygen atoms in total. The number of carbonyl (C=O) groups is 1. The fourth-order valence-electron chi connectivity index (χ4n) is 1.61. The second-order valence-electron chi connectivity index (χ2n) is 3.84. The van der Waals surface area contributed by atoms with Crippen LogP contribution in [0.5, 0.6) is 0 Å². The van der Waals surface area contributed by atoms with Crippen molar-refractivity contribution in [1.29, 1.82) is 0 Å². The minimum Gasteiger partial charge on any atom is -0.480 e. The second kappa shape index (κ2) is 4.72. The summed E-state index contributed by atoms with van der Waals surface area (Å²) >= 11 is 0. The summed E-state index contributed by atoms with van der Waals surface area (Å²) in [7, 11) is 1.67. The van der Waals surface area contributed by atoms with Crippen molar-refractivity contribution in [2.24, 2.45) is 0 Å².